The number of ether oxygens (including phenoxy) is 1. The number of piperidine rings is 1. The molecule has 0 radical (unpaired) electrons. The molecule has 1 aromatic carbocycles. The van der Waals surface area contributed by atoms with Crippen molar-refractivity contribution in [2.24, 2.45) is 5.92 Å². The fourth-order valence-corrected chi connectivity index (χ4v) is 2.59. The highest BCUT2D eigenvalue weighted by molar-refractivity contribution is 5.60. The molecule has 0 spiro atoms. The average Bonchev–Trinajstić information content (AvgIpc) is 2.34. The predicted octanol–water partition coefficient (Wildman–Crippen LogP) is 3.55. The first-order chi connectivity index (χ1) is 8.13. The molecule has 0 saturated carbocycles. The third kappa shape index (κ3) is 2.41. The predicted molar refractivity (Wildman–Crippen MR) is 73.1 cm³/mol. The minimum Gasteiger partial charge on any atom is -0.496 e. The van der Waals surface area contributed by atoms with Gasteiger partial charge in [0.25, 0.3) is 0 Å². The number of hydrogen-bond acceptors (Lipinski definition) is 2. The summed E-state index contributed by atoms with van der Waals surface area (Å²) in [6.07, 6.45) is 2.62. The Kier molecular flexibility index (Phi) is 3.60. The first-order valence-electron chi connectivity index (χ1n) is 6.52. The van der Waals surface area contributed by atoms with E-state index in [9.17, 15) is 0 Å². The molecule has 17 heavy (non-hydrogen) atoms. The summed E-state index contributed by atoms with van der Waals surface area (Å²) in [5.41, 5.74) is 4.01. The number of methoxy groups -OCH3 is 1. The molecule has 0 bridgehead atoms. The van der Waals surface area contributed by atoms with Crippen LogP contribution >= 0.6 is 0 Å². The molecule has 94 valence electrons. The Labute approximate surface area is 105 Å². The van der Waals surface area contributed by atoms with Gasteiger partial charge in [0, 0.05) is 18.8 Å². The Bertz CT molecular complexity index is 392. The van der Waals surface area contributed by atoms with Gasteiger partial charge in [0.2, 0.25) is 0 Å². The van der Waals surface area contributed by atoms with Crippen molar-refractivity contribution in [2.75, 3.05) is 25.1 Å². The van der Waals surface area contributed by atoms with Crippen molar-refractivity contribution in [1.29, 1.82) is 0 Å². The zero-order valence-corrected chi connectivity index (χ0v) is 11.4. The number of hydrogen-bond donors (Lipinski definition) is 0. The number of anilines is 1. The van der Waals surface area contributed by atoms with Crippen LogP contribution in [0.4, 0.5) is 5.69 Å². The molecule has 2 rings (SSSR count). The van der Waals surface area contributed by atoms with Crippen LogP contribution in [0.15, 0.2) is 12.1 Å². The maximum Gasteiger partial charge on any atom is 0.122 e. The van der Waals surface area contributed by atoms with Crippen molar-refractivity contribution in [1.82, 2.24) is 0 Å². The molecule has 1 aliphatic rings. The number of nitrogens with zero attached hydrogens (tertiary/aromatic N) is 1. The largest absolute Gasteiger partial charge is 0.496 e. The normalized spacial score (nSPS) is 17.3. The average molecular weight is 233 g/mol. The van der Waals surface area contributed by atoms with E-state index in [1.807, 2.05) is 0 Å². The summed E-state index contributed by atoms with van der Waals surface area (Å²) in [6, 6.07) is 4.30. The highest BCUT2D eigenvalue weighted by atomic mass is 16.5. The molecule has 0 aromatic heterocycles. The van der Waals surface area contributed by atoms with Crippen molar-refractivity contribution in [3.05, 3.63) is 23.3 Å². The van der Waals surface area contributed by atoms with Crippen molar-refractivity contribution < 1.29 is 4.74 Å². The lowest BCUT2D eigenvalue weighted by atomic mass is 9.97. The van der Waals surface area contributed by atoms with Crippen LogP contribution in [0.1, 0.15) is 30.9 Å². The van der Waals surface area contributed by atoms with Gasteiger partial charge in [-0.2, -0.15) is 0 Å². The van der Waals surface area contributed by atoms with Crippen LogP contribution in [0.5, 0.6) is 5.75 Å². The Hall–Kier alpha value is -1.18. The van der Waals surface area contributed by atoms with E-state index < -0.39 is 0 Å². The Morgan fingerprint density at radius 2 is 1.76 bits per heavy atom. The molecular formula is C15H23NO. The summed E-state index contributed by atoms with van der Waals surface area (Å²) in [5.74, 6) is 1.88. The van der Waals surface area contributed by atoms with E-state index in [0.717, 1.165) is 11.7 Å². The van der Waals surface area contributed by atoms with Crippen LogP contribution in [0.2, 0.25) is 0 Å². The summed E-state index contributed by atoms with van der Waals surface area (Å²) >= 11 is 0. The third-order valence-corrected chi connectivity index (χ3v) is 4.05. The molecule has 1 aliphatic heterocycles. The van der Waals surface area contributed by atoms with Gasteiger partial charge in [-0.25, -0.2) is 0 Å². The second-order valence-corrected chi connectivity index (χ2v) is 5.21. The smallest absolute Gasteiger partial charge is 0.122 e. The fourth-order valence-electron chi connectivity index (χ4n) is 2.59. The van der Waals surface area contributed by atoms with Gasteiger partial charge in [0.05, 0.1) is 7.11 Å². The van der Waals surface area contributed by atoms with Crippen molar-refractivity contribution in [3.63, 3.8) is 0 Å². The molecule has 1 saturated heterocycles. The Morgan fingerprint density at radius 3 is 2.35 bits per heavy atom. The lowest BCUT2D eigenvalue weighted by Gasteiger charge is -2.33. The minimum atomic E-state index is 0.880. The van der Waals surface area contributed by atoms with Crippen molar-refractivity contribution in [2.45, 2.75) is 33.6 Å². The van der Waals surface area contributed by atoms with Gasteiger partial charge in [-0.1, -0.05) is 6.92 Å². The zero-order valence-electron chi connectivity index (χ0n) is 11.4. The quantitative estimate of drug-likeness (QED) is 0.774. The third-order valence-electron chi connectivity index (χ3n) is 4.05. The van der Waals surface area contributed by atoms with E-state index in [2.05, 4.69) is 37.8 Å². The van der Waals surface area contributed by atoms with E-state index in [1.54, 1.807) is 7.11 Å². The van der Waals surface area contributed by atoms with Gasteiger partial charge in [-0.15, -0.1) is 0 Å². The fraction of sp³-hybridized carbons (Fsp3) is 0.600. The van der Waals surface area contributed by atoms with Gasteiger partial charge in [0.1, 0.15) is 5.75 Å². The summed E-state index contributed by atoms with van der Waals surface area (Å²) in [6.45, 7) is 9.07. The monoisotopic (exact) mass is 233 g/mol. The van der Waals surface area contributed by atoms with Crippen LogP contribution in [0.3, 0.4) is 0 Å². The molecule has 0 unspecified atom stereocenters. The summed E-state index contributed by atoms with van der Waals surface area (Å²) < 4.78 is 5.37. The lowest BCUT2D eigenvalue weighted by Crippen LogP contribution is -2.33. The highest BCUT2D eigenvalue weighted by Crippen LogP contribution is 2.32. The maximum absolute atomic E-state index is 5.37. The topological polar surface area (TPSA) is 12.5 Å². The van der Waals surface area contributed by atoms with Gasteiger partial charge >= 0.3 is 0 Å². The highest BCUT2D eigenvalue weighted by Gasteiger charge is 2.18. The van der Waals surface area contributed by atoms with Crippen molar-refractivity contribution >= 4 is 5.69 Å². The van der Waals surface area contributed by atoms with Crippen LogP contribution in [0.25, 0.3) is 0 Å². The van der Waals surface area contributed by atoms with E-state index >= 15 is 0 Å². The molecule has 1 heterocycles. The van der Waals surface area contributed by atoms with E-state index in [0.29, 0.717) is 0 Å². The maximum atomic E-state index is 5.37. The van der Waals surface area contributed by atoms with Gasteiger partial charge < -0.3 is 9.64 Å². The van der Waals surface area contributed by atoms with Gasteiger partial charge in [-0.05, 0) is 55.9 Å². The molecule has 1 fully saturated rings. The Morgan fingerprint density at radius 1 is 1.12 bits per heavy atom. The van der Waals surface area contributed by atoms with Crippen LogP contribution in [0, 0.1) is 19.8 Å². The summed E-state index contributed by atoms with van der Waals surface area (Å²) in [5, 5.41) is 0. The molecule has 2 heteroatoms. The summed E-state index contributed by atoms with van der Waals surface area (Å²) in [4.78, 5) is 2.52. The second kappa shape index (κ2) is 4.99. The molecule has 1 aromatic rings. The summed E-state index contributed by atoms with van der Waals surface area (Å²) in [7, 11) is 1.74. The Balaban J connectivity index is 2.24. The molecule has 0 amide bonds. The van der Waals surface area contributed by atoms with E-state index in [-0.39, 0.29) is 0 Å². The molecule has 0 N–H and O–H groups in total. The lowest BCUT2D eigenvalue weighted by molar-refractivity contribution is 0.410. The minimum absolute atomic E-state index is 0.880. The molecule has 0 atom stereocenters. The van der Waals surface area contributed by atoms with E-state index in [4.69, 9.17) is 4.74 Å². The molecule has 2 nitrogen and oxygen atoms in total. The molecular weight excluding hydrogens is 210 g/mol. The first-order valence-corrected chi connectivity index (χ1v) is 6.52. The van der Waals surface area contributed by atoms with Crippen LogP contribution in [-0.2, 0) is 0 Å². The van der Waals surface area contributed by atoms with Gasteiger partial charge in [0.15, 0.2) is 0 Å². The number of benzene rings is 1. The number of rotatable bonds is 2. The van der Waals surface area contributed by atoms with Crippen molar-refractivity contribution in [3.8, 4) is 5.75 Å². The SMILES string of the molecule is COc1ccc(N2CCC(C)CC2)c(C)c1C. The zero-order chi connectivity index (χ0) is 12.4. The van der Waals surface area contributed by atoms with Gasteiger partial charge in [-0.3, -0.25) is 0 Å². The molecule has 0 aliphatic carbocycles. The standard InChI is InChI=1S/C15H23NO/c1-11-7-9-16(10-8-11)14-5-6-15(17-4)13(3)12(14)2/h5-6,11H,7-10H2,1-4H3. The van der Waals surface area contributed by atoms with E-state index in [1.165, 1.54) is 42.7 Å². The van der Waals surface area contributed by atoms with Crippen LogP contribution < -0.4 is 9.64 Å². The first kappa shape index (κ1) is 12.3. The second-order valence-electron chi connectivity index (χ2n) is 5.21. The van der Waals surface area contributed by atoms with Crippen LogP contribution in [-0.4, -0.2) is 20.2 Å².